The minimum Gasteiger partial charge on any atom is -0.497 e. The van der Waals surface area contributed by atoms with Crippen LogP contribution in [0.3, 0.4) is 0 Å². The fourth-order valence-corrected chi connectivity index (χ4v) is 2.65. The number of fused-ring (bicyclic) bond motifs is 1. The molecule has 0 saturated heterocycles. The van der Waals surface area contributed by atoms with Crippen molar-refractivity contribution in [2.75, 3.05) is 31.4 Å². The highest BCUT2D eigenvalue weighted by molar-refractivity contribution is 5.96. The van der Waals surface area contributed by atoms with Crippen molar-refractivity contribution in [3.63, 3.8) is 0 Å². The number of hydrogen-bond donors (Lipinski definition) is 2. The Hall–Kier alpha value is -2.95. The van der Waals surface area contributed by atoms with Gasteiger partial charge in [0.15, 0.2) is 0 Å². The maximum atomic E-state index is 12.3. The zero-order valence-electron chi connectivity index (χ0n) is 14.1. The van der Waals surface area contributed by atoms with E-state index in [-0.39, 0.29) is 5.91 Å². The summed E-state index contributed by atoms with van der Waals surface area (Å²) in [5.41, 5.74) is 3.83. The van der Waals surface area contributed by atoms with Gasteiger partial charge in [-0.05, 0) is 48.0 Å². The van der Waals surface area contributed by atoms with Crippen molar-refractivity contribution in [1.29, 1.82) is 0 Å². The van der Waals surface area contributed by atoms with E-state index in [4.69, 9.17) is 4.74 Å². The first kappa shape index (κ1) is 15.9. The number of ether oxygens (including phenoxy) is 1. The van der Waals surface area contributed by atoms with Crippen LogP contribution in [0.1, 0.15) is 5.56 Å². The summed E-state index contributed by atoms with van der Waals surface area (Å²) in [6, 6.07) is 13.6. The molecule has 1 heterocycles. The van der Waals surface area contributed by atoms with Crippen molar-refractivity contribution in [3.8, 4) is 5.75 Å². The smallest absolute Gasteiger partial charge is 0.228 e. The molecule has 2 aromatic carbocycles. The Bertz CT molecular complexity index is 851. The Labute approximate surface area is 141 Å². The molecule has 0 aliphatic rings. The summed E-state index contributed by atoms with van der Waals surface area (Å²) in [4.78, 5) is 17.5. The first-order chi connectivity index (χ1) is 11.6. The summed E-state index contributed by atoms with van der Waals surface area (Å²) in [5, 5.41) is 3.94. The zero-order valence-corrected chi connectivity index (χ0v) is 14.1. The number of carbonyl (C=O) groups excluding carboxylic acids is 1. The number of hydrogen-bond acceptors (Lipinski definition) is 3. The predicted octanol–water partition coefficient (Wildman–Crippen LogP) is 3.42. The average molecular weight is 323 g/mol. The maximum absolute atomic E-state index is 12.3. The van der Waals surface area contributed by atoms with Crippen LogP contribution in [0, 0.1) is 0 Å². The lowest BCUT2D eigenvalue weighted by molar-refractivity contribution is -0.115. The first-order valence-corrected chi connectivity index (χ1v) is 7.78. The Morgan fingerprint density at radius 3 is 2.58 bits per heavy atom. The number of benzene rings is 2. The summed E-state index contributed by atoms with van der Waals surface area (Å²) in [7, 11) is 5.61. The molecule has 5 heteroatoms. The quantitative estimate of drug-likeness (QED) is 0.756. The number of H-pyrrole nitrogens is 1. The third-order valence-electron chi connectivity index (χ3n) is 3.99. The second kappa shape index (κ2) is 6.66. The van der Waals surface area contributed by atoms with Crippen LogP contribution >= 0.6 is 0 Å². The predicted molar refractivity (Wildman–Crippen MR) is 98.0 cm³/mol. The monoisotopic (exact) mass is 323 g/mol. The SMILES string of the molecule is COc1ccc2[nH]cc(CC(=O)Nc3ccc(N(C)C)cc3)c2c1. The van der Waals surface area contributed by atoms with E-state index in [0.717, 1.165) is 33.6 Å². The molecule has 5 nitrogen and oxygen atoms in total. The van der Waals surface area contributed by atoms with Crippen molar-refractivity contribution in [2.24, 2.45) is 0 Å². The Morgan fingerprint density at radius 1 is 1.17 bits per heavy atom. The van der Waals surface area contributed by atoms with Gasteiger partial charge in [0, 0.05) is 42.6 Å². The Morgan fingerprint density at radius 2 is 1.92 bits per heavy atom. The number of rotatable bonds is 5. The van der Waals surface area contributed by atoms with Gasteiger partial charge in [0.05, 0.1) is 13.5 Å². The normalized spacial score (nSPS) is 10.6. The number of methoxy groups -OCH3 is 1. The molecule has 3 rings (SSSR count). The van der Waals surface area contributed by atoms with E-state index in [1.54, 1.807) is 7.11 Å². The van der Waals surface area contributed by atoms with Crippen molar-refractivity contribution < 1.29 is 9.53 Å². The van der Waals surface area contributed by atoms with E-state index < -0.39 is 0 Å². The highest BCUT2D eigenvalue weighted by atomic mass is 16.5. The number of nitrogens with zero attached hydrogens (tertiary/aromatic N) is 1. The largest absolute Gasteiger partial charge is 0.497 e. The molecule has 0 unspecified atom stereocenters. The molecule has 0 aliphatic carbocycles. The molecule has 3 aromatic rings. The minimum absolute atomic E-state index is 0.0451. The third kappa shape index (κ3) is 3.35. The van der Waals surface area contributed by atoms with Crippen LogP contribution in [0.2, 0.25) is 0 Å². The minimum atomic E-state index is -0.0451. The molecular formula is C19H21N3O2. The van der Waals surface area contributed by atoms with Gasteiger partial charge in [-0.3, -0.25) is 4.79 Å². The van der Waals surface area contributed by atoms with Crippen LogP contribution in [-0.4, -0.2) is 32.1 Å². The summed E-state index contributed by atoms with van der Waals surface area (Å²) in [5.74, 6) is 0.736. The highest BCUT2D eigenvalue weighted by Crippen LogP contribution is 2.24. The van der Waals surface area contributed by atoms with E-state index in [0.29, 0.717) is 6.42 Å². The molecule has 0 bridgehead atoms. The molecule has 1 aromatic heterocycles. The van der Waals surface area contributed by atoms with Gasteiger partial charge in [-0.25, -0.2) is 0 Å². The molecule has 1 amide bonds. The van der Waals surface area contributed by atoms with Crippen molar-refractivity contribution in [1.82, 2.24) is 4.98 Å². The van der Waals surface area contributed by atoms with Gasteiger partial charge < -0.3 is 19.9 Å². The first-order valence-electron chi connectivity index (χ1n) is 7.78. The van der Waals surface area contributed by atoms with Gasteiger partial charge in [-0.2, -0.15) is 0 Å². The van der Waals surface area contributed by atoms with E-state index in [9.17, 15) is 4.79 Å². The molecule has 0 aliphatic heterocycles. The van der Waals surface area contributed by atoms with E-state index in [1.165, 1.54) is 0 Å². The summed E-state index contributed by atoms with van der Waals surface area (Å²) < 4.78 is 5.26. The summed E-state index contributed by atoms with van der Waals surface area (Å²) in [6.45, 7) is 0. The van der Waals surface area contributed by atoms with Gasteiger partial charge in [0.1, 0.15) is 5.75 Å². The van der Waals surface area contributed by atoms with Crippen molar-refractivity contribution in [3.05, 3.63) is 54.2 Å². The lowest BCUT2D eigenvalue weighted by Gasteiger charge is -2.13. The van der Waals surface area contributed by atoms with E-state index >= 15 is 0 Å². The number of aromatic amines is 1. The number of aromatic nitrogens is 1. The summed E-state index contributed by atoms with van der Waals surface area (Å²) >= 11 is 0. The standard InChI is InChI=1S/C19H21N3O2/c1-22(2)15-6-4-14(5-7-15)21-19(23)10-13-12-20-18-9-8-16(24-3)11-17(13)18/h4-9,11-12,20H,10H2,1-3H3,(H,21,23). The molecule has 0 saturated carbocycles. The number of carbonyl (C=O) groups is 1. The van der Waals surface area contributed by atoms with Gasteiger partial charge in [0.25, 0.3) is 0 Å². The van der Waals surface area contributed by atoms with Gasteiger partial charge in [0.2, 0.25) is 5.91 Å². The van der Waals surface area contributed by atoms with Crippen LogP contribution in [-0.2, 0) is 11.2 Å². The summed E-state index contributed by atoms with van der Waals surface area (Å²) in [6.07, 6.45) is 2.18. The van der Waals surface area contributed by atoms with E-state index in [2.05, 4.69) is 10.3 Å². The zero-order chi connectivity index (χ0) is 17.1. The maximum Gasteiger partial charge on any atom is 0.228 e. The van der Waals surface area contributed by atoms with Crippen molar-refractivity contribution >= 4 is 28.2 Å². The topological polar surface area (TPSA) is 57.4 Å². The molecular weight excluding hydrogens is 302 g/mol. The van der Waals surface area contributed by atoms with E-state index in [1.807, 2.05) is 67.7 Å². The average Bonchev–Trinajstić information content (AvgIpc) is 2.97. The Balaban J connectivity index is 1.72. The number of nitrogens with one attached hydrogen (secondary N) is 2. The van der Waals surface area contributed by atoms with Crippen LogP contribution in [0.15, 0.2) is 48.7 Å². The lowest BCUT2D eigenvalue weighted by atomic mass is 10.1. The number of amides is 1. The Kier molecular flexibility index (Phi) is 4.42. The second-order valence-corrected chi connectivity index (χ2v) is 5.89. The fourth-order valence-electron chi connectivity index (χ4n) is 2.65. The molecule has 2 N–H and O–H groups in total. The van der Waals surface area contributed by atoms with Crippen LogP contribution in [0.4, 0.5) is 11.4 Å². The van der Waals surface area contributed by atoms with Crippen LogP contribution in [0.5, 0.6) is 5.75 Å². The highest BCUT2D eigenvalue weighted by Gasteiger charge is 2.10. The van der Waals surface area contributed by atoms with Gasteiger partial charge in [-0.1, -0.05) is 0 Å². The molecule has 0 fully saturated rings. The van der Waals surface area contributed by atoms with Gasteiger partial charge in [-0.15, -0.1) is 0 Å². The van der Waals surface area contributed by atoms with Crippen LogP contribution < -0.4 is 15.0 Å². The molecule has 0 atom stereocenters. The molecule has 0 spiro atoms. The van der Waals surface area contributed by atoms with Gasteiger partial charge >= 0.3 is 0 Å². The fraction of sp³-hybridized carbons (Fsp3) is 0.211. The molecule has 124 valence electrons. The number of anilines is 2. The van der Waals surface area contributed by atoms with Crippen LogP contribution in [0.25, 0.3) is 10.9 Å². The third-order valence-corrected chi connectivity index (χ3v) is 3.99. The second-order valence-electron chi connectivity index (χ2n) is 5.89. The molecule has 24 heavy (non-hydrogen) atoms. The van der Waals surface area contributed by atoms with Crippen molar-refractivity contribution in [2.45, 2.75) is 6.42 Å². The lowest BCUT2D eigenvalue weighted by Crippen LogP contribution is -2.14. The molecule has 0 radical (unpaired) electrons.